The average Bonchev–Trinajstić information content (AvgIpc) is 2.91. The summed E-state index contributed by atoms with van der Waals surface area (Å²) in [5.41, 5.74) is 1.82. The summed E-state index contributed by atoms with van der Waals surface area (Å²) in [5, 5.41) is 0. The van der Waals surface area contributed by atoms with Crippen LogP contribution in [0.25, 0.3) is 11.3 Å². The minimum atomic E-state index is -0.0596. The molecule has 0 atom stereocenters. The Labute approximate surface area is 130 Å². The first-order valence-corrected chi connectivity index (χ1v) is 7.29. The third kappa shape index (κ3) is 2.97. The Bertz CT molecular complexity index is 836. The van der Waals surface area contributed by atoms with Crippen molar-refractivity contribution in [1.29, 1.82) is 0 Å². The molecule has 0 unspecified atom stereocenters. The van der Waals surface area contributed by atoms with E-state index in [9.17, 15) is 4.79 Å². The molecular formula is C16H13BrN2O2. The van der Waals surface area contributed by atoms with Gasteiger partial charge in [0.15, 0.2) is 5.76 Å². The van der Waals surface area contributed by atoms with Crippen LogP contribution in [0.4, 0.5) is 0 Å². The molecule has 0 bridgehead atoms. The number of aromatic nitrogens is 2. The summed E-state index contributed by atoms with van der Waals surface area (Å²) >= 11 is 3.49. The van der Waals surface area contributed by atoms with Gasteiger partial charge in [-0.3, -0.25) is 4.79 Å². The molecule has 0 N–H and O–H groups in total. The van der Waals surface area contributed by atoms with Gasteiger partial charge >= 0.3 is 0 Å². The molecule has 4 nitrogen and oxygen atoms in total. The number of pyridine rings is 1. The molecular weight excluding hydrogens is 332 g/mol. The van der Waals surface area contributed by atoms with Crippen LogP contribution in [-0.4, -0.2) is 9.55 Å². The lowest BCUT2D eigenvalue weighted by Gasteiger charge is -2.02. The number of oxazole rings is 1. The van der Waals surface area contributed by atoms with Crippen molar-refractivity contribution in [2.45, 2.75) is 13.5 Å². The van der Waals surface area contributed by atoms with E-state index in [1.807, 2.05) is 37.3 Å². The van der Waals surface area contributed by atoms with Crippen molar-refractivity contribution >= 4 is 15.9 Å². The van der Waals surface area contributed by atoms with E-state index in [0.29, 0.717) is 18.2 Å². The zero-order valence-electron chi connectivity index (χ0n) is 11.4. The van der Waals surface area contributed by atoms with Gasteiger partial charge in [-0.05, 0) is 24.6 Å². The quantitative estimate of drug-likeness (QED) is 0.728. The highest BCUT2D eigenvalue weighted by molar-refractivity contribution is 9.10. The second kappa shape index (κ2) is 5.69. The summed E-state index contributed by atoms with van der Waals surface area (Å²) in [6, 6.07) is 11.3. The SMILES string of the molecule is Cc1ccn(Cc2ncc(-c3ccccc3Br)o2)c(=O)c1. The fourth-order valence-electron chi connectivity index (χ4n) is 2.05. The Balaban J connectivity index is 1.89. The van der Waals surface area contributed by atoms with Crippen LogP contribution in [-0.2, 0) is 6.54 Å². The van der Waals surface area contributed by atoms with Crippen molar-refractivity contribution < 1.29 is 4.42 Å². The molecule has 106 valence electrons. The number of aryl methyl sites for hydroxylation is 1. The van der Waals surface area contributed by atoms with E-state index in [0.717, 1.165) is 15.6 Å². The number of nitrogens with zero attached hydrogens (tertiary/aromatic N) is 2. The first-order chi connectivity index (χ1) is 10.1. The van der Waals surface area contributed by atoms with Crippen molar-refractivity contribution in [1.82, 2.24) is 9.55 Å². The number of hydrogen-bond acceptors (Lipinski definition) is 3. The molecule has 3 aromatic rings. The van der Waals surface area contributed by atoms with Crippen molar-refractivity contribution in [2.24, 2.45) is 0 Å². The molecule has 0 aliphatic carbocycles. The van der Waals surface area contributed by atoms with Crippen LogP contribution >= 0.6 is 15.9 Å². The van der Waals surface area contributed by atoms with Crippen molar-refractivity contribution in [3.63, 3.8) is 0 Å². The van der Waals surface area contributed by atoms with Gasteiger partial charge in [-0.15, -0.1) is 0 Å². The Morgan fingerprint density at radius 2 is 2.10 bits per heavy atom. The van der Waals surface area contributed by atoms with Gasteiger partial charge in [0.1, 0.15) is 6.54 Å². The predicted molar refractivity (Wildman–Crippen MR) is 84.2 cm³/mol. The van der Waals surface area contributed by atoms with Crippen LogP contribution in [0, 0.1) is 6.92 Å². The summed E-state index contributed by atoms with van der Waals surface area (Å²) in [4.78, 5) is 16.1. The van der Waals surface area contributed by atoms with Crippen LogP contribution in [0.5, 0.6) is 0 Å². The summed E-state index contributed by atoms with van der Waals surface area (Å²) in [5.74, 6) is 1.18. The molecule has 0 saturated heterocycles. The molecule has 5 heteroatoms. The van der Waals surface area contributed by atoms with Crippen molar-refractivity contribution in [3.8, 4) is 11.3 Å². The average molecular weight is 345 g/mol. The normalized spacial score (nSPS) is 10.8. The summed E-state index contributed by atoms with van der Waals surface area (Å²) in [6.45, 7) is 2.21. The standard InChI is InChI=1S/C16H13BrN2O2/c1-11-6-7-19(16(20)8-11)10-15-18-9-14(21-15)12-4-2-3-5-13(12)17/h2-9H,10H2,1H3. The molecule has 0 aliphatic heterocycles. The topological polar surface area (TPSA) is 48.0 Å². The minimum absolute atomic E-state index is 0.0596. The molecule has 0 amide bonds. The van der Waals surface area contributed by atoms with E-state index in [2.05, 4.69) is 20.9 Å². The third-order valence-corrected chi connectivity index (χ3v) is 3.84. The van der Waals surface area contributed by atoms with Crippen LogP contribution in [0.2, 0.25) is 0 Å². The Morgan fingerprint density at radius 1 is 1.29 bits per heavy atom. The molecule has 0 spiro atoms. The number of rotatable bonds is 3. The second-order valence-electron chi connectivity index (χ2n) is 4.77. The molecule has 1 aromatic carbocycles. The molecule has 3 rings (SSSR count). The maximum atomic E-state index is 11.9. The van der Waals surface area contributed by atoms with Crippen LogP contribution in [0.15, 0.2) is 62.5 Å². The lowest BCUT2D eigenvalue weighted by Crippen LogP contribution is -2.19. The zero-order chi connectivity index (χ0) is 14.8. The number of benzene rings is 1. The Kier molecular flexibility index (Phi) is 3.75. The number of halogens is 1. The maximum absolute atomic E-state index is 11.9. The van der Waals surface area contributed by atoms with Gasteiger partial charge in [-0.25, -0.2) is 4.98 Å². The first-order valence-electron chi connectivity index (χ1n) is 6.50. The molecule has 0 saturated carbocycles. The van der Waals surface area contributed by atoms with E-state index in [-0.39, 0.29) is 5.56 Å². The zero-order valence-corrected chi connectivity index (χ0v) is 13.0. The van der Waals surface area contributed by atoms with Crippen molar-refractivity contribution in [2.75, 3.05) is 0 Å². The third-order valence-electron chi connectivity index (χ3n) is 3.15. The van der Waals surface area contributed by atoms with Gasteiger partial charge in [0.2, 0.25) is 5.89 Å². The molecule has 2 aromatic heterocycles. The van der Waals surface area contributed by atoms with Gasteiger partial charge in [-0.2, -0.15) is 0 Å². The lowest BCUT2D eigenvalue weighted by molar-refractivity contribution is 0.484. The van der Waals surface area contributed by atoms with Crippen molar-refractivity contribution in [3.05, 3.63) is 75.1 Å². The van der Waals surface area contributed by atoms with Crippen LogP contribution in [0.1, 0.15) is 11.5 Å². The molecule has 0 radical (unpaired) electrons. The highest BCUT2D eigenvalue weighted by Gasteiger charge is 2.10. The number of hydrogen-bond donors (Lipinski definition) is 0. The maximum Gasteiger partial charge on any atom is 0.251 e. The van der Waals surface area contributed by atoms with Gasteiger partial charge in [0.25, 0.3) is 5.56 Å². The molecule has 0 fully saturated rings. The minimum Gasteiger partial charge on any atom is -0.439 e. The summed E-state index contributed by atoms with van der Waals surface area (Å²) in [7, 11) is 0. The van der Waals surface area contributed by atoms with Crippen LogP contribution < -0.4 is 5.56 Å². The first kappa shape index (κ1) is 13.8. The van der Waals surface area contributed by atoms with Gasteiger partial charge in [-0.1, -0.05) is 34.1 Å². The summed E-state index contributed by atoms with van der Waals surface area (Å²) < 4.78 is 8.26. The largest absolute Gasteiger partial charge is 0.439 e. The van der Waals surface area contributed by atoms with E-state index in [1.165, 1.54) is 0 Å². The highest BCUT2D eigenvalue weighted by atomic mass is 79.9. The van der Waals surface area contributed by atoms with E-state index in [4.69, 9.17) is 4.42 Å². The van der Waals surface area contributed by atoms with Gasteiger partial charge in [0.05, 0.1) is 6.20 Å². The Morgan fingerprint density at radius 3 is 2.86 bits per heavy atom. The predicted octanol–water partition coefficient (Wildman–Crippen LogP) is 3.62. The molecule has 0 aliphatic rings. The lowest BCUT2D eigenvalue weighted by atomic mass is 10.2. The van der Waals surface area contributed by atoms with Gasteiger partial charge in [0, 0.05) is 22.3 Å². The monoisotopic (exact) mass is 344 g/mol. The van der Waals surface area contributed by atoms with E-state index < -0.39 is 0 Å². The molecule has 2 heterocycles. The Hall–Kier alpha value is -2.14. The molecule has 21 heavy (non-hydrogen) atoms. The van der Waals surface area contributed by atoms with Crippen LogP contribution in [0.3, 0.4) is 0 Å². The fraction of sp³-hybridized carbons (Fsp3) is 0.125. The van der Waals surface area contributed by atoms with Gasteiger partial charge < -0.3 is 8.98 Å². The van der Waals surface area contributed by atoms with E-state index in [1.54, 1.807) is 23.0 Å². The summed E-state index contributed by atoms with van der Waals surface area (Å²) in [6.07, 6.45) is 3.43. The van der Waals surface area contributed by atoms with E-state index >= 15 is 0 Å². The smallest absolute Gasteiger partial charge is 0.251 e. The fourth-order valence-corrected chi connectivity index (χ4v) is 2.53. The second-order valence-corrected chi connectivity index (χ2v) is 5.62. The highest BCUT2D eigenvalue weighted by Crippen LogP contribution is 2.28.